The van der Waals surface area contributed by atoms with E-state index in [9.17, 15) is 0 Å². The number of piperidine rings is 1. The van der Waals surface area contributed by atoms with Gasteiger partial charge < -0.3 is 10.2 Å². The van der Waals surface area contributed by atoms with Crippen molar-refractivity contribution in [2.45, 2.75) is 64.1 Å². The van der Waals surface area contributed by atoms with Crippen molar-refractivity contribution in [2.75, 3.05) is 13.6 Å². The van der Waals surface area contributed by atoms with Crippen LogP contribution in [-0.4, -0.2) is 35.6 Å². The molecular formula is C18H29N3. The molecule has 3 heteroatoms. The van der Waals surface area contributed by atoms with Crippen LogP contribution in [0.2, 0.25) is 0 Å². The molecule has 3 rings (SSSR count). The smallest absolute Gasteiger partial charge is 0.0367 e. The quantitative estimate of drug-likeness (QED) is 0.900. The van der Waals surface area contributed by atoms with Crippen LogP contribution in [0.15, 0.2) is 18.5 Å². The minimum atomic E-state index is 0.482. The molecule has 0 radical (unpaired) electrons. The Bertz CT molecular complexity index is 459. The molecule has 2 fully saturated rings. The van der Waals surface area contributed by atoms with Crippen LogP contribution in [0, 0.1) is 12.8 Å². The number of hydrogen-bond donors (Lipinski definition) is 1. The van der Waals surface area contributed by atoms with Crippen molar-refractivity contribution in [1.29, 1.82) is 0 Å². The molecule has 3 nitrogen and oxygen atoms in total. The average molecular weight is 287 g/mol. The molecule has 3 unspecified atom stereocenters. The summed E-state index contributed by atoms with van der Waals surface area (Å²) in [5.41, 5.74) is 2.80. The number of pyridine rings is 1. The third-order valence-corrected chi connectivity index (χ3v) is 5.63. The second-order valence-electron chi connectivity index (χ2n) is 6.95. The van der Waals surface area contributed by atoms with Gasteiger partial charge in [0.1, 0.15) is 0 Å². The molecule has 2 saturated heterocycles. The van der Waals surface area contributed by atoms with Crippen LogP contribution in [0.3, 0.4) is 0 Å². The normalized spacial score (nSPS) is 30.5. The van der Waals surface area contributed by atoms with E-state index in [1.807, 2.05) is 6.20 Å². The van der Waals surface area contributed by atoms with Gasteiger partial charge in [-0.1, -0.05) is 6.92 Å². The predicted octanol–water partition coefficient (Wildman–Crippen LogP) is 3.30. The number of hydrogen-bond acceptors (Lipinski definition) is 3. The van der Waals surface area contributed by atoms with E-state index < -0.39 is 0 Å². The lowest BCUT2D eigenvalue weighted by Crippen LogP contribution is -2.44. The lowest BCUT2D eigenvalue weighted by Gasteiger charge is -2.40. The van der Waals surface area contributed by atoms with Gasteiger partial charge in [-0.25, -0.2) is 0 Å². The summed E-state index contributed by atoms with van der Waals surface area (Å²) in [4.78, 5) is 7.02. The Morgan fingerprint density at radius 2 is 2.05 bits per heavy atom. The molecule has 2 bridgehead atoms. The SMILES string of the molecule is CCCNC(c1cnccc1C)C1CC2CCC(C1)N2C. The van der Waals surface area contributed by atoms with Gasteiger partial charge >= 0.3 is 0 Å². The fraction of sp³-hybridized carbons (Fsp3) is 0.722. The Balaban J connectivity index is 1.81. The van der Waals surface area contributed by atoms with Crippen LogP contribution in [0.5, 0.6) is 0 Å². The maximum absolute atomic E-state index is 4.39. The summed E-state index contributed by atoms with van der Waals surface area (Å²) in [6.45, 7) is 5.57. The van der Waals surface area contributed by atoms with Crippen LogP contribution >= 0.6 is 0 Å². The molecule has 1 aromatic rings. The summed E-state index contributed by atoms with van der Waals surface area (Å²) < 4.78 is 0. The number of nitrogens with zero attached hydrogens (tertiary/aromatic N) is 2. The molecule has 2 aliphatic rings. The van der Waals surface area contributed by atoms with Gasteiger partial charge in [0.05, 0.1) is 0 Å². The minimum absolute atomic E-state index is 0.482. The van der Waals surface area contributed by atoms with Crippen molar-refractivity contribution in [3.05, 3.63) is 29.6 Å². The van der Waals surface area contributed by atoms with Gasteiger partial charge in [0.15, 0.2) is 0 Å². The molecule has 0 saturated carbocycles. The second-order valence-corrected chi connectivity index (χ2v) is 6.95. The lowest BCUT2D eigenvalue weighted by atomic mass is 9.81. The Morgan fingerprint density at radius 1 is 1.33 bits per heavy atom. The van der Waals surface area contributed by atoms with Crippen LogP contribution in [0.1, 0.15) is 56.2 Å². The Kier molecular flexibility index (Phi) is 4.60. The maximum atomic E-state index is 4.39. The van der Waals surface area contributed by atoms with Gasteiger partial charge in [0.25, 0.3) is 0 Å². The third-order valence-electron chi connectivity index (χ3n) is 5.63. The Morgan fingerprint density at radius 3 is 2.67 bits per heavy atom. The van der Waals surface area contributed by atoms with Gasteiger partial charge in [0, 0.05) is 30.5 Å². The summed E-state index contributed by atoms with van der Waals surface area (Å²) in [6.07, 6.45) is 10.6. The fourth-order valence-corrected chi connectivity index (χ4v) is 4.36. The number of rotatable bonds is 5. The summed E-state index contributed by atoms with van der Waals surface area (Å²) in [7, 11) is 2.32. The first-order chi connectivity index (χ1) is 10.2. The van der Waals surface area contributed by atoms with E-state index in [-0.39, 0.29) is 0 Å². The molecule has 1 aromatic heterocycles. The molecule has 21 heavy (non-hydrogen) atoms. The van der Waals surface area contributed by atoms with Crippen molar-refractivity contribution in [1.82, 2.24) is 15.2 Å². The van der Waals surface area contributed by atoms with Crippen LogP contribution < -0.4 is 5.32 Å². The number of aromatic nitrogens is 1. The van der Waals surface area contributed by atoms with E-state index >= 15 is 0 Å². The van der Waals surface area contributed by atoms with Gasteiger partial charge in [-0.15, -0.1) is 0 Å². The Hall–Kier alpha value is -0.930. The monoisotopic (exact) mass is 287 g/mol. The molecule has 0 spiro atoms. The minimum Gasteiger partial charge on any atom is -0.310 e. The van der Waals surface area contributed by atoms with E-state index in [1.165, 1.54) is 43.2 Å². The summed E-state index contributed by atoms with van der Waals surface area (Å²) in [5, 5.41) is 3.82. The zero-order valence-electron chi connectivity index (χ0n) is 13.7. The van der Waals surface area contributed by atoms with E-state index in [0.717, 1.165) is 24.5 Å². The van der Waals surface area contributed by atoms with Crippen LogP contribution in [0.25, 0.3) is 0 Å². The Labute approximate surface area is 129 Å². The van der Waals surface area contributed by atoms with E-state index in [1.54, 1.807) is 0 Å². The van der Waals surface area contributed by atoms with Crippen LogP contribution in [0.4, 0.5) is 0 Å². The topological polar surface area (TPSA) is 28.2 Å². The summed E-state index contributed by atoms with van der Waals surface area (Å²) >= 11 is 0. The van der Waals surface area contributed by atoms with Gasteiger partial charge in [-0.2, -0.15) is 0 Å². The van der Waals surface area contributed by atoms with E-state index in [2.05, 4.69) is 48.4 Å². The van der Waals surface area contributed by atoms with Crippen molar-refractivity contribution in [3.8, 4) is 0 Å². The van der Waals surface area contributed by atoms with Gasteiger partial charge in [-0.3, -0.25) is 4.98 Å². The summed E-state index contributed by atoms with van der Waals surface area (Å²) in [6, 6.07) is 4.24. The first-order valence-corrected chi connectivity index (χ1v) is 8.56. The molecule has 3 atom stereocenters. The van der Waals surface area contributed by atoms with Crippen molar-refractivity contribution >= 4 is 0 Å². The largest absolute Gasteiger partial charge is 0.310 e. The molecule has 1 N–H and O–H groups in total. The first-order valence-electron chi connectivity index (χ1n) is 8.56. The van der Waals surface area contributed by atoms with E-state index in [0.29, 0.717) is 6.04 Å². The highest BCUT2D eigenvalue weighted by Gasteiger charge is 2.41. The van der Waals surface area contributed by atoms with Gasteiger partial charge in [0.2, 0.25) is 0 Å². The van der Waals surface area contributed by atoms with Crippen molar-refractivity contribution < 1.29 is 0 Å². The molecule has 0 aliphatic carbocycles. The molecule has 116 valence electrons. The standard InChI is InChI=1S/C18H29N3/c1-4-8-20-18(17-12-19-9-7-13(17)2)14-10-15-5-6-16(11-14)21(15)3/h7,9,12,14-16,18,20H,4-6,8,10-11H2,1-3H3. The second kappa shape index (κ2) is 6.45. The summed E-state index contributed by atoms with van der Waals surface area (Å²) in [5.74, 6) is 0.758. The van der Waals surface area contributed by atoms with Crippen LogP contribution in [-0.2, 0) is 0 Å². The molecule has 0 aromatic carbocycles. The average Bonchev–Trinajstić information content (AvgIpc) is 2.72. The van der Waals surface area contributed by atoms with Crippen molar-refractivity contribution in [3.63, 3.8) is 0 Å². The highest BCUT2D eigenvalue weighted by Crippen LogP contribution is 2.42. The van der Waals surface area contributed by atoms with E-state index in [4.69, 9.17) is 0 Å². The number of aryl methyl sites for hydroxylation is 1. The highest BCUT2D eigenvalue weighted by molar-refractivity contribution is 5.26. The number of nitrogens with one attached hydrogen (secondary N) is 1. The fourth-order valence-electron chi connectivity index (χ4n) is 4.36. The predicted molar refractivity (Wildman–Crippen MR) is 87.3 cm³/mol. The lowest BCUT2D eigenvalue weighted by molar-refractivity contribution is 0.112. The zero-order chi connectivity index (χ0) is 14.8. The van der Waals surface area contributed by atoms with Gasteiger partial charge in [-0.05, 0) is 75.7 Å². The highest BCUT2D eigenvalue weighted by atomic mass is 15.2. The zero-order valence-corrected chi connectivity index (χ0v) is 13.7. The molecule has 3 heterocycles. The van der Waals surface area contributed by atoms with Crippen molar-refractivity contribution in [2.24, 2.45) is 5.92 Å². The molecule has 2 aliphatic heterocycles. The third kappa shape index (κ3) is 3.00. The molecular weight excluding hydrogens is 258 g/mol. The first kappa shape index (κ1) is 15.0. The maximum Gasteiger partial charge on any atom is 0.0367 e. The molecule has 0 amide bonds. The number of fused-ring (bicyclic) bond motifs is 2.